The van der Waals surface area contributed by atoms with Crippen LogP contribution >= 0.6 is 11.6 Å². The molecule has 0 fully saturated rings. The Bertz CT molecular complexity index is 1240. The van der Waals surface area contributed by atoms with Crippen molar-refractivity contribution >= 4 is 22.4 Å². The Morgan fingerprint density at radius 2 is 1.28 bits per heavy atom. The van der Waals surface area contributed by atoms with E-state index in [2.05, 4.69) is 26.0 Å². The van der Waals surface area contributed by atoms with Crippen molar-refractivity contribution in [2.75, 3.05) is 13.2 Å². The first-order valence-corrected chi connectivity index (χ1v) is 13.1. The highest BCUT2D eigenvalue weighted by Crippen LogP contribution is 2.49. The van der Waals surface area contributed by atoms with Gasteiger partial charge in [0.1, 0.15) is 34.0 Å². The molecule has 0 bridgehead atoms. The summed E-state index contributed by atoms with van der Waals surface area (Å²) >= 11 is 6.81. The molecule has 3 aromatic rings. The normalized spacial score (nSPS) is 10.6. The van der Waals surface area contributed by atoms with Crippen LogP contribution < -0.4 is 14.2 Å². The van der Waals surface area contributed by atoms with Crippen LogP contribution in [-0.2, 0) is 0 Å². The fourth-order valence-corrected chi connectivity index (χ4v) is 4.26. The highest BCUT2D eigenvalue weighted by atomic mass is 35.5. The zero-order valence-corrected chi connectivity index (χ0v) is 21.9. The summed E-state index contributed by atoms with van der Waals surface area (Å²) in [7, 11) is 0. The maximum absolute atomic E-state index is 10.0. The molecule has 0 aromatic heterocycles. The number of hydrogen-bond donors (Lipinski definition) is 0. The molecule has 188 valence electrons. The molecule has 0 unspecified atom stereocenters. The Labute approximate surface area is 219 Å². The first-order chi connectivity index (χ1) is 17.6. The van der Waals surface area contributed by atoms with E-state index in [1.165, 1.54) is 0 Å². The number of unbranched alkanes of at least 4 members (excludes halogenated alkanes) is 6. The first-order valence-electron chi connectivity index (χ1n) is 12.8. The topological polar surface area (TPSA) is 75.3 Å². The fourth-order valence-electron chi connectivity index (χ4n) is 3.99. The van der Waals surface area contributed by atoms with Gasteiger partial charge in [-0.1, -0.05) is 94.3 Å². The quantitative estimate of drug-likeness (QED) is 0.205. The molecule has 0 amide bonds. The highest BCUT2D eigenvalue weighted by molar-refractivity contribution is 6.34. The SMILES string of the molecule is CCCCCCOc1c(Cl)c(Oc2ccc3ccccc3c2)c(OCCCCCC)c(C#N)c1C#N. The summed E-state index contributed by atoms with van der Waals surface area (Å²) in [5.41, 5.74) is 0.157. The maximum atomic E-state index is 10.0. The summed E-state index contributed by atoms with van der Waals surface area (Å²) in [6, 6.07) is 17.9. The standard InChI is InChI=1S/C30H33ClN2O3/c1-3-5-7-11-17-34-28-25(20-32)26(21-33)29(35-18-12-8-6-4-2)30(27(28)31)36-24-16-15-22-13-9-10-14-23(22)19-24/h9-10,13-16,19H,3-8,11-12,17-18H2,1-2H3. The van der Waals surface area contributed by atoms with E-state index in [0.29, 0.717) is 19.0 Å². The molecular weight excluding hydrogens is 472 g/mol. The molecule has 5 nitrogen and oxygen atoms in total. The summed E-state index contributed by atoms with van der Waals surface area (Å²) in [6.45, 7) is 5.07. The van der Waals surface area contributed by atoms with Crippen molar-refractivity contribution in [3.63, 3.8) is 0 Å². The lowest BCUT2D eigenvalue weighted by atomic mass is 10.1. The molecule has 0 saturated heterocycles. The number of hydrogen-bond acceptors (Lipinski definition) is 5. The van der Waals surface area contributed by atoms with Crippen molar-refractivity contribution in [3.8, 4) is 35.1 Å². The van der Waals surface area contributed by atoms with E-state index in [1.807, 2.05) is 42.5 Å². The molecule has 0 radical (unpaired) electrons. The minimum Gasteiger partial charge on any atom is -0.490 e. The van der Waals surface area contributed by atoms with E-state index >= 15 is 0 Å². The van der Waals surface area contributed by atoms with Crippen molar-refractivity contribution in [2.45, 2.75) is 65.2 Å². The number of fused-ring (bicyclic) bond motifs is 1. The minimum atomic E-state index is 0.0763. The second-order valence-electron chi connectivity index (χ2n) is 8.70. The Morgan fingerprint density at radius 1 is 0.694 bits per heavy atom. The van der Waals surface area contributed by atoms with Gasteiger partial charge in [-0.05, 0) is 35.7 Å². The van der Waals surface area contributed by atoms with Gasteiger partial charge in [0.2, 0.25) is 0 Å². The van der Waals surface area contributed by atoms with Gasteiger partial charge in [0.15, 0.2) is 17.2 Å². The van der Waals surface area contributed by atoms with Crippen LogP contribution in [0.1, 0.15) is 76.3 Å². The molecule has 36 heavy (non-hydrogen) atoms. The van der Waals surface area contributed by atoms with Gasteiger partial charge < -0.3 is 14.2 Å². The summed E-state index contributed by atoms with van der Waals surface area (Å²) in [5, 5.41) is 22.2. The van der Waals surface area contributed by atoms with Gasteiger partial charge in [-0.15, -0.1) is 0 Å². The van der Waals surface area contributed by atoms with Crippen molar-refractivity contribution < 1.29 is 14.2 Å². The number of nitrogens with zero attached hydrogens (tertiary/aromatic N) is 2. The van der Waals surface area contributed by atoms with Gasteiger partial charge >= 0.3 is 0 Å². The van der Waals surface area contributed by atoms with Crippen LogP contribution in [0.4, 0.5) is 0 Å². The average molecular weight is 505 g/mol. The first kappa shape index (κ1) is 27.2. The van der Waals surface area contributed by atoms with E-state index in [0.717, 1.165) is 62.1 Å². The lowest BCUT2D eigenvalue weighted by Crippen LogP contribution is -2.07. The predicted molar refractivity (Wildman–Crippen MR) is 144 cm³/mol. The predicted octanol–water partition coefficient (Wildman–Crippen LogP) is 8.95. The molecule has 0 heterocycles. The highest BCUT2D eigenvalue weighted by Gasteiger charge is 2.28. The van der Waals surface area contributed by atoms with E-state index in [4.69, 9.17) is 25.8 Å². The zero-order chi connectivity index (χ0) is 25.8. The maximum Gasteiger partial charge on any atom is 0.193 e. The number of halogens is 1. The van der Waals surface area contributed by atoms with E-state index in [1.54, 1.807) is 0 Å². The lowest BCUT2D eigenvalue weighted by Gasteiger charge is -2.20. The van der Waals surface area contributed by atoms with Crippen LogP contribution in [0.2, 0.25) is 5.02 Å². The molecule has 0 aliphatic carbocycles. The van der Waals surface area contributed by atoms with Crippen LogP contribution in [0.25, 0.3) is 10.8 Å². The fraction of sp³-hybridized carbons (Fsp3) is 0.400. The molecule has 0 saturated carbocycles. The zero-order valence-electron chi connectivity index (χ0n) is 21.1. The summed E-state index contributed by atoms with van der Waals surface area (Å²) in [5.74, 6) is 1.10. The van der Waals surface area contributed by atoms with Gasteiger partial charge in [-0.25, -0.2) is 0 Å². The third-order valence-electron chi connectivity index (χ3n) is 5.96. The van der Waals surface area contributed by atoms with Gasteiger partial charge in [0.25, 0.3) is 0 Å². The molecule has 3 rings (SSSR count). The third kappa shape index (κ3) is 6.84. The number of ether oxygens (including phenoxy) is 3. The van der Waals surface area contributed by atoms with Crippen LogP contribution in [0.5, 0.6) is 23.0 Å². The molecule has 0 N–H and O–H groups in total. The van der Waals surface area contributed by atoms with Crippen molar-refractivity contribution in [2.24, 2.45) is 0 Å². The molecule has 0 aliphatic heterocycles. The monoisotopic (exact) mass is 504 g/mol. The third-order valence-corrected chi connectivity index (χ3v) is 6.31. The summed E-state index contributed by atoms with van der Waals surface area (Å²) < 4.78 is 18.3. The van der Waals surface area contributed by atoms with Gasteiger partial charge in [-0.2, -0.15) is 10.5 Å². The summed E-state index contributed by atoms with van der Waals surface area (Å²) in [4.78, 5) is 0. The van der Waals surface area contributed by atoms with Crippen LogP contribution in [-0.4, -0.2) is 13.2 Å². The Kier molecular flexibility index (Phi) is 10.7. The molecular formula is C30H33ClN2O3. The van der Waals surface area contributed by atoms with Crippen molar-refractivity contribution in [1.29, 1.82) is 10.5 Å². The minimum absolute atomic E-state index is 0.0763. The molecule has 0 aliphatic rings. The number of benzene rings is 3. The lowest BCUT2D eigenvalue weighted by molar-refractivity contribution is 0.284. The average Bonchev–Trinajstić information content (AvgIpc) is 2.90. The molecule has 0 atom stereocenters. The van der Waals surface area contributed by atoms with E-state index in [9.17, 15) is 10.5 Å². The Hall–Kier alpha value is -3.41. The molecule has 3 aromatic carbocycles. The van der Waals surface area contributed by atoms with Gasteiger partial charge in [0, 0.05) is 0 Å². The van der Waals surface area contributed by atoms with Crippen molar-refractivity contribution in [3.05, 3.63) is 58.6 Å². The Balaban J connectivity index is 2.02. The number of nitriles is 2. The van der Waals surface area contributed by atoms with E-state index < -0.39 is 0 Å². The molecule has 6 heteroatoms. The van der Waals surface area contributed by atoms with Crippen LogP contribution in [0, 0.1) is 22.7 Å². The van der Waals surface area contributed by atoms with Gasteiger partial charge in [0.05, 0.1) is 13.2 Å². The number of rotatable bonds is 14. The van der Waals surface area contributed by atoms with Gasteiger partial charge in [-0.3, -0.25) is 0 Å². The van der Waals surface area contributed by atoms with Crippen molar-refractivity contribution in [1.82, 2.24) is 0 Å². The van der Waals surface area contributed by atoms with Crippen LogP contribution in [0.15, 0.2) is 42.5 Å². The van der Waals surface area contributed by atoms with Crippen LogP contribution in [0.3, 0.4) is 0 Å². The van der Waals surface area contributed by atoms with E-state index in [-0.39, 0.29) is 33.4 Å². The Morgan fingerprint density at radius 3 is 1.89 bits per heavy atom. The smallest absolute Gasteiger partial charge is 0.193 e. The molecule has 0 spiro atoms. The second-order valence-corrected chi connectivity index (χ2v) is 9.08. The second kappa shape index (κ2) is 14.2. The largest absolute Gasteiger partial charge is 0.490 e. The summed E-state index contributed by atoms with van der Waals surface area (Å²) in [6.07, 6.45) is 8.09.